The zero-order valence-electron chi connectivity index (χ0n) is 14.8. The highest BCUT2D eigenvalue weighted by Gasteiger charge is 2.26. The molecule has 0 aromatic carbocycles. The summed E-state index contributed by atoms with van der Waals surface area (Å²) in [7, 11) is 0. The van der Waals surface area contributed by atoms with Crippen molar-refractivity contribution in [3.63, 3.8) is 0 Å². The Morgan fingerprint density at radius 1 is 1.35 bits per heavy atom. The van der Waals surface area contributed by atoms with Gasteiger partial charge in [-0.1, -0.05) is 6.07 Å². The quantitative estimate of drug-likeness (QED) is 0.744. The maximum atomic E-state index is 12.5. The lowest BCUT2D eigenvalue weighted by Gasteiger charge is -2.32. The highest BCUT2D eigenvalue weighted by atomic mass is 32.1. The summed E-state index contributed by atoms with van der Waals surface area (Å²) in [6, 6.07) is 8.03. The monoisotopic (exact) mass is 370 g/mol. The van der Waals surface area contributed by atoms with Gasteiger partial charge in [0.15, 0.2) is 11.5 Å². The van der Waals surface area contributed by atoms with Gasteiger partial charge in [-0.3, -0.25) is 4.79 Å². The molecule has 1 fully saturated rings. The summed E-state index contributed by atoms with van der Waals surface area (Å²) in [5.41, 5.74) is 0.742. The van der Waals surface area contributed by atoms with Crippen LogP contribution in [0.15, 0.2) is 29.6 Å². The first-order chi connectivity index (χ1) is 12.7. The zero-order chi connectivity index (χ0) is 17.9. The van der Waals surface area contributed by atoms with Crippen LogP contribution in [-0.4, -0.2) is 45.4 Å². The minimum absolute atomic E-state index is 0.00610. The molecule has 0 spiro atoms. The Kier molecular flexibility index (Phi) is 4.83. The van der Waals surface area contributed by atoms with E-state index >= 15 is 0 Å². The van der Waals surface area contributed by atoms with E-state index in [-0.39, 0.29) is 11.8 Å². The molecule has 8 heteroatoms. The van der Waals surface area contributed by atoms with Crippen LogP contribution in [0.5, 0.6) is 0 Å². The van der Waals surface area contributed by atoms with Crippen molar-refractivity contribution in [3.8, 4) is 0 Å². The second-order valence-corrected chi connectivity index (χ2v) is 7.65. The van der Waals surface area contributed by atoms with Crippen molar-refractivity contribution in [2.24, 2.45) is 5.92 Å². The van der Waals surface area contributed by atoms with Crippen LogP contribution in [0.4, 0.5) is 5.82 Å². The molecule has 1 aliphatic heterocycles. The van der Waals surface area contributed by atoms with Gasteiger partial charge in [-0.2, -0.15) is 4.52 Å². The fourth-order valence-electron chi connectivity index (χ4n) is 3.36. The van der Waals surface area contributed by atoms with Crippen molar-refractivity contribution in [1.29, 1.82) is 0 Å². The molecule has 1 N–H and O–H groups in total. The van der Waals surface area contributed by atoms with E-state index in [1.54, 1.807) is 15.9 Å². The lowest BCUT2D eigenvalue weighted by molar-refractivity contribution is -0.125. The number of hydrogen-bond donors (Lipinski definition) is 1. The minimum atomic E-state index is 0.00610. The molecule has 0 radical (unpaired) electrons. The predicted molar refractivity (Wildman–Crippen MR) is 101 cm³/mol. The van der Waals surface area contributed by atoms with E-state index in [4.69, 9.17) is 0 Å². The van der Waals surface area contributed by atoms with Gasteiger partial charge >= 0.3 is 0 Å². The Morgan fingerprint density at radius 2 is 2.27 bits per heavy atom. The number of hydrogen-bond acceptors (Lipinski definition) is 6. The Bertz CT molecular complexity index is 890. The molecule has 4 heterocycles. The smallest absolute Gasteiger partial charge is 0.224 e. The minimum Gasteiger partial charge on any atom is -0.355 e. The molecule has 3 aromatic rings. The van der Waals surface area contributed by atoms with E-state index in [1.807, 2.05) is 25.1 Å². The van der Waals surface area contributed by atoms with Crippen molar-refractivity contribution in [2.45, 2.75) is 26.2 Å². The zero-order valence-corrected chi connectivity index (χ0v) is 15.6. The molecule has 26 heavy (non-hydrogen) atoms. The topological polar surface area (TPSA) is 75.4 Å². The summed E-state index contributed by atoms with van der Waals surface area (Å²) in [6.07, 6.45) is 2.81. The van der Waals surface area contributed by atoms with Gasteiger partial charge in [0.1, 0.15) is 5.82 Å². The van der Waals surface area contributed by atoms with E-state index in [9.17, 15) is 4.79 Å². The highest BCUT2D eigenvalue weighted by molar-refractivity contribution is 7.09. The molecule has 0 aliphatic carbocycles. The number of aromatic nitrogens is 4. The van der Waals surface area contributed by atoms with Crippen molar-refractivity contribution in [3.05, 3.63) is 40.3 Å². The summed E-state index contributed by atoms with van der Waals surface area (Å²) in [4.78, 5) is 16.0. The van der Waals surface area contributed by atoms with Gasteiger partial charge in [0.25, 0.3) is 0 Å². The number of fused-ring (bicyclic) bond motifs is 1. The van der Waals surface area contributed by atoms with Crippen LogP contribution in [0.3, 0.4) is 0 Å². The van der Waals surface area contributed by atoms with Crippen LogP contribution in [0.1, 0.15) is 23.5 Å². The predicted octanol–water partition coefficient (Wildman–Crippen LogP) is 2.07. The second-order valence-electron chi connectivity index (χ2n) is 6.61. The molecular formula is C18H22N6OS. The van der Waals surface area contributed by atoms with E-state index in [1.165, 1.54) is 4.88 Å². The molecule has 1 unspecified atom stereocenters. The molecule has 136 valence electrons. The molecular weight excluding hydrogens is 348 g/mol. The molecule has 1 saturated heterocycles. The van der Waals surface area contributed by atoms with Gasteiger partial charge in [0.05, 0.1) is 5.92 Å². The number of thiophene rings is 1. The molecule has 1 atom stereocenters. The number of amides is 1. The Labute approximate surface area is 156 Å². The molecule has 3 aromatic heterocycles. The summed E-state index contributed by atoms with van der Waals surface area (Å²) in [6.45, 7) is 4.19. The van der Waals surface area contributed by atoms with Crippen molar-refractivity contribution in [2.75, 3.05) is 24.5 Å². The standard InChI is InChI=1S/C18H22N6OS/c1-13-20-21-16-6-7-17(22-24(13)16)23-10-2-4-14(12-23)18(25)19-9-8-15-5-3-11-26-15/h3,5-7,11,14H,2,4,8-10,12H2,1H3,(H,19,25). The van der Waals surface area contributed by atoms with Gasteiger partial charge < -0.3 is 10.2 Å². The fraction of sp³-hybridized carbons (Fsp3) is 0.444. The number of nitrogens with one attached hydrogen (secondary N) is 1. The third kappa shape index (κ3) is 3.55. The van der Waals surface area contributed by atoms with Crippen LogP contribution in [0.25, 0.3) is 5.65 Å². The highest BCUT2D eigenvalue weighted by Crippen LogP contribution is 2.22. The van der Waals surface area contributed by atoms with E-state index in [0.717, 1.165) is 43.1 Å². The SMILES string of the molecule is Cc1nnc2ccc(N3CCCC(C(=O)NCCc4cccs4)C3)nn12. The van der Waals surface area contributed by atoms with Crippen LogP contribution in [0, 0.1) is 12.8 Å². The third-order valence-corrected chi connectivity index (χ3v) is 5.71. The molecule has 4 rings (SSSR count). The Balaban J connectivity index is 1.38. The maximum absolute atomic E-state index is 12.5. The number of anilines is 1. The van der Waals surface area contributed by atoms with E-state index < -0.39 is 0 Å². The van der Waals surface area contributed by atoms with E-state index in [0.29, 0.717) is 13.1 Å². The lowest BCUT2D eigenvalue weighted by Crippen LogP contribution is -2.43. The number of carbonyl (C=O) groups is 1. The molecule has 0 bridgehead atoms. The van der Waals surface area contributed by atoms with E-state index in [2.05, 4.69) is 37.0 Å². The van der Waals surface area contributed by atoms with Crippen molar-refractivity contribution < 1.29 is 4.79 Å². The number of rotatable bonds is 5. The van der Waals surface area contributed by atoms with Gasteiger partial charge in [-0.25, -0.2) is 0 Å². The molecule has 7 nitrogen and oxygen atoms in total. The van der Waals surface area contributed by atoms with Gasteiger partial charge in [0, 0.05) is 24.5 Å². The van der Waals surface area contributed by atoms with Crippen molar-refractivity contribution >= 4 is 28.7 Å². The summed E-state index contributed by atoms with van der Waals surface area (Å²) in [5, 5.41) is 17.9. The van der Waals surface area contributed by atoms with Crippen LogP contribution in [0.2, 0.25) is 0 Å². The largest absolute Gasteiger partial charge is 0.355 e. The maximum Gasteiger partial charge on any atom is 0.224 e. The van der Waals surface area contributed by atoms with Gasteiger partial charge in [0.2, 0.25) is 5.91 Å². The van der Waals surface area contributed by atoms with Gasteiger partial charge in [-0.15, -0.1) is 26.6 Å². The second kappa shape index (κ2) is 7.41. The fourth-order valence-corrected chi connectivity index (χ4v) is 4.07. The Morgan fingerprint density at radius 3 is 3.12 bits per heavy atom. The molecule has 0 saturated carbocycles. The van der Waals surface area contributed by atoms with Gasteiger partial charge in [-0.05, 0) is 49.8 Å². The average Bonchev–Trinajstić information content (AvgIpc) is 3.32. The van der Waals surface area contributed by atoms with Crippen molar-refractivity contribution in [1.82, 2.24) is 25.1 Å². The molecule has 1 amide bonds. The van der Waals surface area contributed by atoms with Crippen LogP contribution >= 0.6 is 11.3 Å². The average molecular weight is 370 g/mol. The first kappa shape index (κ1) is 17.0. The third-order valence-electron chi connectivity index (χ3n) is 4.77. The normalized spacial score (nSPS) is 17.6. The number of aryl methyl sites for hydroxylation is 1. The first-order valence-electron chi connectivity index (χ1n) is 8.95. The summed E-state index contributed by atoms with van der Waals surface area (Å²) in [5.74, 6) is 1.79. The van der Waals surface area contributed by atoms with Crippen LogP contribution in [-0.2, 0) is 11.2 Å². The number of piperidine rings is 1. The Hall–Kier alpha value is -2.48. The molecule has 1 aliphatic rings. The number of nitrogens with zero attached hydrogens (tertiary/aromatic N) is 5. The summed E-state index contributed by atoms with van der Waals surface area (Å²) < 4.78 is 1.75. The van der Waals surface area contributed by atoms with Crippen LogP contribution < -0.4 is 10.2 Å². The lowest BCUT2D eigenvalue weighted by atomic mass is 9.97. The number of carbonyl (C=O) groups excluding carboxylic acids is 1. The summed E-state index contributed by atoms with van der Waals surface area (Å²) >= 11 is 1.73. The first-order valence-corrected chi connectivity index (χ1v) is 9.83.